The first kappa shape index (κ1) is 16.8. The molecule has 0 aromatic heterocycles. The second kappa shape index (κ2) is 6.91. The monoisotopic (exact) mass is 345 g/mol. The molecule has 0 amide bonds. The molecule has 0 unspecified atom stereocenters. The van der Waals surface area contributed by atoms with Crippen molar-refractivity contribution in [2.24, 2.45) is 16.8 Å². The van der Waals surface area contributed by atoms with Crippen LogP contribution in [-0.2, 0) is 9.53 Å². The van der Waals surface area contributed by atoms with Gasteiger partial charge in [-0.1, -0.05) is 72.8 Å². The van der Waals surface area contributed by atoms with Crippen molar-refractivity contribution in [1.29, 1.82) is 0 Å². The summed E-state index contributed by atoms with van der Waals surface area (Å²) in [4.78, 5) is 18.1. The van der Waals surface area contributed by atoms with Gasteiger partial charge in [-0.25, -0.2) is 4.79 Å². The Hall–Kier alpha value is -2.68. The maximum Gasteiger partial charge on any atom is 0.334 e. The quantitative estimate of drug-likeness (QED) is 0.457. The molecule has 2 aliphatic carbocycles. The summed E-state index contributed by atoms with van der Waals surface area (Å²) in [5.41, 5.74) is 2.10. The molecule has 1 fully saturated rings. The van der Waals surface area contributed by atoms with Crippen LogP contribution in [-0.4, -0.2) is 23.8 Å². The molecule has 2 bridgehead atoms. The van der Waals surface area contributed by atoms with Crippen molar-refractivity contribution in [3.05, 3.63) is 83.9 Å². The third-order valence-electron chi connectivity index (χ3n) is 5.39. The first-order chi connectivity index (χ1) is 12.7. The maximum absolute atomic E-state index is 13.0. The average molecular weight is 345 g/mol. The van der Waals surface area contributed by atoms with Crippen molar-refractivity contribution >= 4 is 11.7 Å². The summed E-state index contributed by atoms with van der Waals surface area (Å²) < 4.78 is 5.47. The number of allylic oxidation sites excluding steroid dienone is 1. The molecule has 4 rings (SSSR count). The SMILES string of the molecule is CCOC(=O)[C@@]1(N=C(c2ccccc2)c2ccccc2)C[C@H]2C=C[C@@H]1C2. The second-order valence-corrected chi connectivity index (χ2v) is 7.03. The zero-order valence-corrected chi connectivity index (χ0v) is 15.0. The minimum absolute atomic E-state index is 0.119. The number of carbonyl (C=O) groups excluding carboxylic acids is 1. The molecular weight excluding hydrogens is 322 g/mol. The number of fused-ring (bicyclic) bond motifs is 2. The largest absolute Gasteiger partial charge is 0.464 e. The smallest absolute Gasteiger partial charge is 0.334 e. The number of rotatable bonds is 5. The fourth-order valence-electron chi connectivity index (χ4n) is 4.18. The highest BCUT2D eigenvalue weighted by Crippen LogP contribution is 2.49. The van der Waals surface area contributed by atoms with Gasteiger partial charge in [0.15, 0.2) is 5.54 Å². The number of esters is 1. The molecular formula is C23H23NO2. The summed E-state index contributed by atoms with van der Waals surface area (Å²) in [6.45, 7) is 2.23. The summed E-state index contributed by atoms with van der Waals surface area (Å²) in [5.74, 6) is 0.344. The minimum atomic E-state index is -0.809. The topological polar surface area (TPSA) is 38.7 Å². The number of hydrogen-bond donors (Lipinski definition) is 0. The molecule has 0 aliphatic heterocycles. The minimum Gasteiger partial charge on any atom is -0.464 e. The van der Waals surface area contributed by atoms with Gasteiger partial charge >= 0.3 is 5.97 Å². The molecule has 3 nitrogen and oxygen atoms in total. The van der Waals surface area contributed by atoms with E-state index in [1.54, 1.807) is 0 Å². The van der Waals surface area contributed by atoms with Crippen LogP contribution in [0.3, 0.4) is 0 Å². The molecule has 132 valence electrons. The summed E-state index contributed by atoms with van der Waals surface area (Å²) in [6, 6.07) is 20.2. The zero-order chi connectivity index (χ0) is 18.0. The van der Waals surface area contributed by atoms with Crippen LogP contribution in [0.15, 0.2) is 77.8 Å². The second-order valence-electron chi connectivity index (χ2n) is 7.03. The highest BCUT2D eigenvalue weighted by atomic mass is 16.5. The molecule has 0 radical (unpaired) electrons. The molecule has 0 saturated heterocycles. The molecule has 0 N–H and O–H groups in total. The van der Waals surface area contributed by atoms with Gasteiger partial charge in [-0.2, -0.15) is 0 Å². The number of benzene rings is 2. The number of nitrogens with zero attached hydrogens (tertiary/aromatic N) is 1. The highest BCUT2D eigenvalue weighted by Gasteiger charge is 2.55. The molecule has 1 saturated carbocycles. The lowest BCUT2D eigenvalue weighted by Gasteiger charge is -2.30. The highest BCUT2D eigenvalue weighted by molar-refractivity contribution is 6.14. The van der Waals surface area contributed by atoms with Gasteiger partial charge in [0.2, 0.25) is 0 Å². The van der Waals surface area contributed by atoms with E-state index in [1.807, 2.05) is 67.6 Å². The fourth-order valence-corrected chi connectivity index (χ4v) is 4.18. The van der Waals surface area contributed by atoms with Crippen molar-refractivity contribution < 1.29 is 9.53 Å². The van der Waals surface area contributed by atoms with Gasteiger partial charge in [0.05, 0.1) is 12.3 Å². The lowest BCUT2D eigenvalue weighted by molar-refractivity contribution is -0.150. The number of carbonyl (C=O) groups is 1. The fraction of sp³-hybridized carbons (Fsp3) is 0.304. The van der Waals surface area contributed by atoms with E-state index in [-0.39, 0.29) is 11.9 Å². The van der Waals surface area contributed by atoms with E-state index in [0.717, 1.165) is 29.7 Å². The number of ether oxygens (including phenoxy) is 1. The lowest BCUT2D eigenvalue weighted by atomic mass is 9.84. The predicted octanol–water partition coefficient (Wildman–Crippen LogP) is 4.42. The Bertz CT molecular complexity index is 800. The maximum atomic E-state index is 13.0. The summed E-state index contributed by atoms with van der Waals surface area (Å²) in [7, 11) is 0. The van der Waals surface area contributed by atoms with Gasteiger partial charge < -0.3 is 4.74 Å². The lowest BCUT2D eigenvalue weighted by Crippen LogP contribution is -2.43. The van der Waals surface area contributed by atoms with Gasteiger partial charge in [0, 0.05) is 17.0 Å². The van der Waals surface area contributed by atoms with E-state index in [1.165, 1.54) is 0 Å². The Balaban J connectivity index is 1.86. The van der Waals surface area contributed by atoms with Crippen LogP contribution in [0.25, 0.3) is 0 Å². The Kier molecular flexibility index (Phi) is 4.46. The normalized spacial score (nSPS) is 25.9. The van der Waals surface area contributed by atoms with E-state index in [2.05, 4.69) is 12.2 Å². The third kappa shape index (κ3) is 2.88. The average Bonchev–Trinajstić information content (AvgIpc) is 3.29. The first-order valence-electron chi connectivity index (χ1n) is 9.29. The first-order valence-corrected chi connectivity index (χ1v) is 9.29. The summed E-state index contributed by atoms with van der Waals surface area (Å²) in [5, 5.41) is 0. The van der Waals surface area contributed by atoms with E-state index in [9.17, 15) is 4.79 Å². The Morgan fingerprint density at radius 1 is 1.04 bits per heavy atom. The van der Waals surface area contributed by atoms with Gasteiger partial charge in [-0.05, 0) is 25.7 Å². The van der Waals surface area contributed by atoms with Gasteiger partial charge in [0.1, 0.15) is 0 Å². The number of hydrogen-bond acceptors (Lipinski definition) is 3. The molecule has 26 heavy (non-hydrogen) atoms. The van der Waals surface area contributed by atoms with Crippen molar-refractivity contribution in [2.45, 2.75) is 25.3 Å². The van der Waals surface area contributed by atoms with Crippen LogP contribution >= 0.6 is 0 Å². The van der Waals surface area contributed by atoms with Crippen LogP contribution in [0.1, 0.15) is 30.9 Å². The molecule has 0 heterocycles. The summed E-state index contributed by atoms with van der Waals surface area (Å²) >= 11 is 0. The van der Waals surface area contributed by atoms with Crippen molar-refractivity contribution in [2.75, 3.05) is 6.61 Å². The summed E-state index contributed by atoms with van der Waals surface area (Å²) in [6.07, 6.45) is 6.10. The van der Waals surface area contributed by atoms with Crippen LogP contribution in [0, 0.1) is 11.8 Å². The van der Waals surface area contributed by atoms with Crippen LogP contribution in [0.5, 0.6) is 0 Å². The molecule has 0 spiro atoms. The van der Waals surface area contributed by atoms with Crippen molar-refractivity contribution in [3.8, 4) is 0 Å². The van der Waals surface area contributed by atoms with Crippen LogP contribution < -0.4 is 0 Å². The Morgan fingerprint density at radius 3 is 2.12 bits per heavy atom. The van der Waals surface area contributed by atoms with E-state index >= 15 is 0 Å². The standard InChI is InChI=1S/C23H23NO2/c1-2-26-22(25)23(16-17-13-14-20(23)15-17)24-21(18-9-5-3-6-10-18)19-11-7-4-8-12-19/h3-14,17,20H,2,15-16H2,1H3/t17-,20+,23+/m0/s1. The molecule has 2 aromatic rings. The van der Waals surface area contributed by atoms with Gasteiger partial charge in [-0.15, -0.1) is 0 Å². The predicted molar refractivity (Wildman–Crippen MR) is 103 cm³/mol. The Morgan fingerprint density at radius 2 is 1.65 bits per heavy atom. The molecule has 2 aliphatic rings. The third-order valence-corrected chi connectivity index (χ3v) is 5.39. The van der Waals surface area contributed by atoms with Crippen molar-refractivity contribution in [1.82, 2.24) is 0 Å². The van der Waals surface area contributed by atoms with Crippen LogP contribution in [0.4, 0.5) is 0 Å². The van der Waals surface area contributed by atoms with Crippen LogP contribution in [0.2, 0.25) is 0 Å². The van der Waals surface area contributed by atoms with Crippen molar-refractivity contribution in [3.63, 3.8) is 0 Å². The van der Waals surface area contributed by atoms with E-state index in [0.29, 0.717) is 12.5 Å². The number of aliphatic imine (C=N–C) groups is 1. The molecule has 2 aromatic carbocycles. The molecule has 3 atom stereocenters. The van der Waals surface area contributed by atoms with E-state index in [4.69, 9.17) is 9.73 Å². The Labute approximate surface area is 154 Å². The van der Waals surface area contributed by atoms with E-state index < -0.39 is 5.54 Å². The molecule has 3 heteroatoms. The zero-order valence-electron chi connectivity index (χ0n) is 15.0. The van der Waals surface area contributed by atoms with Gasteiger partial charge in [-0.3, -0.25) is 4.99 Å². The van der Waals surface area contributed by atoms with Gasteiger partial charge in [0.25, 0.3) is 0 Å².